The van der Waals surface area contributed by atoms with Crippen molar-refractivity contribution in [1.82, 2.24) is 4.90 Å². The predicted octanol–water partition coefficient (Wildman–Crippen LogP) is 6.36. The smallest absolute Gasteiger partial charge is 0.187 e. The van der Waals surface area contributed by atoms with Crippen molar-refractivity contribution < 1.29 is 4.79 Å². The minimum Gasteiger partial charge on any atom is -0.289 e. The molecular weight excluding hydrogens is 390 g/mol. The molecule has 1 aliphatic rings. The quantitative estimate of drug-likeness (QED) is 0.344. The number of carbonyl (C=O) groups excluding carboxylic acids is 1. The monoisotopic (exact) mass is 425 g/mol. The SMILES string of the molecule is C#CCN1CC(=Cc2ccc(CCCC)cc2)C(=O)C(=Cc2ccc(CCCC)cc2)C1. The van der Waals surface area contributed by atoms with E-state index in [1.54, 1.807) is 0 Å². The Balaban J connectivity index is 1.81. The Labute approximate surface area is 194 Å². The lowest BCUT2D eigenvalue weighted by molar-refractivity contribution is -0.113. The Bertz CT molecular complexity index is 913. The van der Waals surface area contributed by atoms with Crippen LogP contribution in [0.2, 0.25) is 0 Å². The molecule has 0 aromatic heterocycles. The first-order valence-electron chi connectivity index (χ1n) is 11.9. The lowest BCUT2D eigenvalue weighted by atomic mass is 9.93. The van der Waals surface area contributed by atoms with Crippen LogP contribution in [0.5, 0.6) is 0 Å². The molecule has 0 atom stereocenters. The highest BCUT2D eigenvalue weighted by Crippen LogP contribution is 2.22. The summed E-state index contributed by atoms with van der Waals surface area (Å²) in [6, 6.07) is 17.1. The number of benzene rings is 2. The second kappa shape index (κ2) is 12.2. The van der Waals surface area contributed by atoms with E-state index >= 15 is 0 Å². The van der Waals surface area contributed by atoms with Crippen molar-refractivity contribution in [2.24, 2.45) is 0 Å². The van der Waals surface area contributed by atoms with E-state index in [0.29, 0.717) is 19.6 Å². The van der Waals surface area contributed by atoms with Gasteiger partial charge in [0.1, 0.15) is 0 Å². The van der Waals surface area contributed by atoms with Crippen LogP contribution in [-0.4, -0.2) is 30.3 Å². The van der Waals surface area contributed by atoms with E-state index in [-0.39, 0.29) is 5.78 Å². The molecule has 1 saturated heterocycles. The molecular formula is C30H35NO. The van der Waals surface area contributed by atoms with Crippen LogP contribution in [0, 0.1) is 12.3 Å². The number of ketones is 1. The maximum atomic E-state index is 13.3. The van der Waals surface area contributed by atoms with Crippen molar-refractivity contribution in [3.8, 4) is 12.3 Å². The molecule has 0 amide bonds. The van der Waals surface area contributed by atoms with E-state index in [1.165, 1.54) is 36.8 Å². The predicted molar refractivity (Wildman–Crippen MR) is 136 cm³/mol. The number of Topliss-reactive ketones (excluding diaryl/α,β-unsaturated/α-hetero) is 1. The fourth-order valence-corrected chi connectivity index (χ4v) is 4.08. The first-order valence-corrected chi connectivity index (χ1v) is 11.9. The Kier molecular flexibility index (Phi) is 9.08. The van der Waals surface area contributed by atoms with Gasteiger partial charge in [0.25, 0.3) is 0 Å². The molecule has 0 saturated carbocycles. The lowest BCUT2D eigenvalue weighted by Crippen LogP contribution is -2.37. The summed E-state index contributed by atoms with van der Waals surface area (Å²) in [5, 5.41) is 0. The zero-order valence-electron chi connectivity index (χ0n) is 19.6. The topological polar surface area (TPSA) is 20.3 Å². The molecule has 0 spiro atoms. The van der Waals surface area contributed by atoms with Crippen LogP contribution >= 0.6 is 0 Å². The Morgan fingerprint density at radius 1 is 0.812 bits per heavy atom. The van der Waals surface area contributed by atoms with Crippen LogP contribution in [0.25, 0.3) is 12.2 Å². The standard InChI is InChI=1S/C30H35NO/c1-4-7-9-24-11-15-26(16-12-24)20-28-22-31(19-6-3)23-29(30(28)32)21-27-17-13-25(14-18-27)10-8-5-2/h3,11-18,20-21H,4-5,7-10,19,22-23H2,1-2H3. The molecule has 2 aromatic rings. The third kappa shape index (κ3) is 6.81. The number of likely N-dealkylation sites (tertiary alicyclic amines) is 1. The number of nitrogens with zero attached hydrogens (tertiary/aromatic N) is 1. The van der Waals surface area contributed by atoms with Crippen molar-refractivity contribution in [2.45, 2.75) is 52.4 Å². The molecule has 0 radical (unpaired) electrons. The van der Waals surface area contributed by atoms with Crippen LogP contribution in [0.1, 0.15) is 61.8 Å². The van der Waals surface area contributed by atoms with E-state index in [2.05, 4.69) is 73.2 Å². The van der Waals surface area contributed by atoms with Gasteiger partial charge in [0.05, 0.1) is 6.54 Å². The number of rotatable bonds is 9. The van der Waals surface area contributed by atoms with Gasteiger partial charge in [-0.3, -0.25) is 9.69 Å². The zero-order valence-corrected chi connectivity index (χ0v) is 19.6. The van der Waals surface area contributed by atoms with Crippen LogP contribution < -0.4 is 0 Å². The average Bonchev–Trinajstić information content (AvgIpc) is 2.81. The van der Waals surface area contributed by atoms with Crippen LogP contribution in [0.4, 0.5) is 0 Å². The summed E-state index contributed by atoms with van der Waals surface area (Å²) in [4.78, 5) is 15.4. The van der Waals surface area contributed by atoms with Crippen LogP contribution in [0.3, 0.4) is 0 Å². The van der Waals surface area contributed by atoms with Crippen molar-refractivity contribution in [2.75, 3.05) is 19.6 Å². The maximum absolute atomic E-state index is 13.3. The third-order valence-corrected chi connectivity index (χ3v) is 5.97. The summed E-state index contributed by atoms with van der Waals surface area (Å²) in [6.07, 6.45) is 16.6. The number of terminal acetylenes is 1. The summed E-state index contributed by atoms with van der Waals surface area (Å²) < 4.78 is 0. The molecule has 0 aliphatic carbocycles. The fraction of sp³-hybridized carbons (Fsp3) is 0.367. The normalized spacial score (nSPS) is 17.1. The summed E-state index contributed by atoms with van der Waals surface area (Å²) >= 11 is 0. The average molecular weight is 426 g/mol. The second-order valence-electron chi connectivity index (χ2n) is 8.71. The molecule has 0 unspecified atom stereocenters. The first kappa shape index (κ1) is 23.8. The fourth-order valence-electron chi connectivity index (χ4n) is 4.08. The largest absolute Gasteiger partial charge is 0.289 e. The summed E-state index contributed by atoms with van der Waals surface area (Å²) in [6.45, 7) is 6.14. The van der Waals surface area contributed by atoms with Gasteiger partial charge in [-0.2, -0.15) is 0 Å². The van der Waals surface area contributed by atoms with Crippen molar-refractivity contribution >= 4 is 17.9 Å². The number of unbranched alkanes of at least 4 members (excludes halogenated alkanes) is 2. The second-order valence-corrected chi connectivity index (χ2v) is 8.71. The molecule has 1 fully saturated rings. The van der Waals surface area contributed by atoms with Gasteiger partial charge in [-0.25, -0.2) is 0 Å². The van der Waals surface area contributed by atoms with Gasteiger partial charge >= 0.3 is 0 Å². The first-order chi connectivity index (χ1) is 15.6. The molecule has 3 rings (SSSR count). The Hall–Kier alpha value is -2.89. The van der Waals surface area contributed by atoms with Crippen molar-refractivity contribution in [3.05, 3.63) is 81.9 Å². The summed E-state index contributed by atoms with van der Waals surface area (Å²) in [7, 11) is 0. The van der Waals surface area contributed by atoms with Gasteiger partial charge in [0.15, 0.2) is 5.78 Å². The van der Waals surface area contributed by atoms with Gasteiger partial charge in [0, 0.05) is 24.2 Å². The van der Waals surface area contributed by atoms with Gasteiger partial charge in [-0.1, -0.05) is 81.1 Å². The van der Waals surface area contributed by atoms with Crippen LogP contribution in [-0.2, 0) is 17.6 Å². The van der Waals surface area contributed by atoms with Gasteiger partial charge in [0.2, 0.25) is 0 Å². The third-order valence-electron chi connectivity index (χ3n) is 5.97. The molecule has 1 heterocycles. The molecule has 0 N–H and O–H groups in total. The van der Waals surface area contributed by atoms with Crippen molar-refractivity contribution in [3.63, 3.8) is 0 Å². The van der Waals surface area contributed by atoms with E-state index in [9.17, 15) is 4.79 Å². The van der Waals surface area contributed by atoms with E-state index in [0.717, 1.165) is 35.1 Å². The van der Waals surface area contributed by atoms with Crippen LogP contribution in [0.15, 0.2) is 59.7 Å². The lowest BCUT2D eigenvalue weighted by Gasteiger charge is -2.28. The molecule has 1 aliphatic heterocycles. The van der Waals surface area contributed by atoms with Gasteiger partial charge in [-0.15, -0.1) is 6.42 Å². The number of aryl methyl sites for hydroxylation is 2. The van der Waals surface area contributed by atoms with E-state index in [1.807, 2.05) is 12.2 Å². The highest BCUT2D eigenvalue weighted by molar-refractivity contribution is 6.14. The summed E-state index contributed by atoms with van der Waals surface area (Å²) in [5.74, 6) is 2.86. The maximum Gasteiger partial charge on any atom is 0.187 e. The highest BCUT2D eigenvalue weighted by Gasteiger charge is 2.25. The molecule has 2 heteroatoms. The van der Waals surface area contributed by atoms with E-state index in [4.69, 9.17) is 6.42 Å². The molecule has 2 aromatic carbocycles. The zero-order chi connectivity index (χ0) is 22.8. The molecule has 166 valence electrons. The van der Waals surface area contributed by atoms with Crippen molar-refractivity contribution in [1.29, 1.82) is 0 Å². The Morgan fingerprint density at radius 3 is 1.62 bits per heavy atom. The molecule has 32 heavy (non-hydrogen) atoms. The minimum atomic E-state index is 0.128. The molecule has 0 bridgehead atoms. The van der Waals surface area contributed by atoms with E-state index < -0.39 is 0 Å². The molecule has 2 nitrogen and oxygen atoms in total. The number of piperidine rings is 1. The number of carbonyl (C=O) groups is 1. The number of hydrogen-bond acceptors (Lipinski definition) is 2. The minimum absolute atomic E-state index is 0.128. The highest BCUT2D eigenvalue weighted by atomic mass is 16.1. The van der Waals surface area contributed by atoms with Gasteiger partial charge < -0.3 is 0 Å². The number of hydrogen-bond donors (Lipinski definition) is 0. The summed E-state index contributed by atoms with van der Waals surface area (Å²) in [5.41, 5.74) is 6.44. The Morgan fingerprint density at radius 2 is 1.25 bits per heavy atom. The van der Waals surface area contributed by atoms with Gasteiger partial charge in [-0.05, 0) is 60.1 Å².